The summed E-state index contributed by atoms with van der Waals surface area (Å²) in [5.41, 5.74) is 7.20. The monoisotopic (exact) mass is 265 g/mol. The van der Waals surface area contributed by atoms with Gasteiger partial charge >= 0.3 is 0 Å². The van der Waals surface area contributed by atoms with Crippen LogP contribution in [0.1, 0.15) is 45.2 Å². The van der Waals surface area contributed by atoms with Gasteiger partial charge in [0.15, 0.2) is 0 Å². The third-order valence-electron chi connectivity index (χ3n) is 3.38. The van der Waals surface area contributed by atoms with E-state index in [2.05, 4.69) is 32.9 Å². The zero-order valence-electron chi connectivity index (χ0n) is 12.8. The molecular formula is C16H27NO2. The molecule has 0 saturated carbocycles. The maximum absolute atomic E-state index is 9.82. The molecule has 0 heterocycles. The van der Waals surface area contributed by atoms with E-state index in [4.69, 9.17) is 10.5 Å². The van der Waals surface area contributed by atoms with Crippen LogP contribution in [0.15, 0.2) is 18.2 Å². The number of hydrogen-bond acceptors (Lipinski definition) is 3. The summed E-state index contributed by atoms with van der Waals surface area (Å²) in [6.45, 7) is 11.1. The van der Waals surface area contributed by atoms with E-state index in [0.29, 0.717) is 13.0 Å². The summed E-state index contributed by atoms with van der Waals surface area (Å²) in [5, 5.41) is 9.82. The smallest absolute Gasteiger partial charge is 0.122 e. The van der Waals surface area contributed by atoms with Crippen molar-refractivity contribution in [3.05, 3.63) is 29.3 Å². The minimum absolute atomic E-state index is 0.145. The third-order valence-corrected chi connectivity index (χ3v) is 3.38. The lowest BCUT2D eigenvalue weighted by Gasteiger charge is -2.22. The summed E-state index contributed by atoms with van der Waals surface area (Å²) in [6, 6.07) is 6.27. The highest BCUT2D eigenvalue weighted by Gasteiger charge is 2.18. The molecule has 0 aliphatic heterocycles. The second kappa shape index (κ2) is 5.93. The first kappa shape index (κ1) is 16.0. The molecular weight excluding hydrogens is 238 g/mol. The van der Waals surface area contributed by atoms with Crippen molar-refractivity contribution in [1.29, 1.82) is 0 Å². The first-order valence-electron chi connectivity index (χ1n) is 6.82. The topological polar surface area (TPSA) is 55.5 Å². The van der Waals surface area contributed by atoms with Gasteiger partial charge in [-0.15, -0.1) is 0 Å². The van der Waals surface area contributed by atoms with Crippen LogP contribution in [-0.2, 0) is 5.41 Å². The highest BCUT2D eigenvalue weighted by Crippen LogP contribution is 2.27. The van der Waals surface area contributed by atoms with Gasteiger partial charge < -0.3 is 15.6 Å². The van der Waals surface area contributed by atoms with Crippen LogP contribution in [0.3, 0.4) is 0 Å². The Labute approximate surface area is 116 Å². The van der Waals surface area contributed by atoms with E-state index in [1.165, 1.54) is 5.56 Å². The van der Waals surface area contributed by atoms with Gasteiger partial charge in [0.1, 0.15) is 5.75 Å². The van der Waals surface area contributed by atoms with E-state index in [-0.39, 0.29) is 12.0 Å². The van der Waals surface area contributed by atoms with Crippen LogP contribution in [0.25, 0.3) is 0 Å². The van der Waals surface area contributed by atoms with E-state index in [1.807, 2.05) is 13.0 Å². The van der Waals surface area contributed by atoms with Crippen molar-refractivity contribution in [3.63, 3.8) is 0 Å². The normalized spacial score (nSPS) is 15.1. The quantitative estimate of drug-likeness (QED) is 0.860. The highest BCUT2D eigenvalue weighted by atomic mass is 16.5. The second-order valence-electron chi connectivity index (χ2n) is 6.53. The number of ether oxygens (including phenoxy) is 1. The summed E-state index contributed by atoms with van der Waals surface area (Å²) < 4.78 is 5.73. The summed E-state index contributed by atoms with van der Waals surface area (Å²) in [5.74, 6) is 0.876. The Kier molecular flexibility index (Phi) is 4.99. The molecule has 0 saturated heterocycles. The molecule has 3 heteroatoms. The van der Waals surface area contributed by atoms with E-state index in [0.717, 1.165) is 11.3 Å². The molecule has 1 unspecified atom stereocenters. The molecule has 0 aromatic heterocycles. The predicted octanol–water partition coefficient (Wildman–Crippen LogP) is 2.77. The summed E-state index contributed by atoms with van der Waals surface area (Å²) in [7, 11) is 0. The molecule has 0 aliphatic rings. The van der Waals surface area contributed by atoms with E-state index >= 15 is 0 Å². The van der Waals surface area contributed by atoms with Crippen molar-refractivity contribution >= 4 is 0 Å². The lowest BCUT2D eigenvalue weighted by molar-refractivity contribution is 0.0452. The maximum atomic E-state index is 9.82. The standard InChI is InChI=1S/C16H27NO2/c1-12-10-13(15(2,3)4)6-7-14(12)19-9-8-16(5,18)11-17/h6-7,10,18H,8-9,11,17H2,1-5H3. The molecule has 1 aromatic carbocycles. The Balaban J connectivity index is 2.66. The third kappa shape index (κ3) is 4.84. The lowest BCUT2D eigenvalue weighted by Crippen LogP contribution is -2.35. The average Bonchev–Trinajstić information content (AvgIpc) is 2.30. The van der Waals surface area contributed by atoms with E-state index in [9.17, 15) is 5.11 Å². The molecule has 0 fully saturated rings. The zero-order chi connectivity index (χ0) is 14.7. The van der Waals surface area contributed by atoms with E-state index in [1.54, 1.807) is 6.92 Å². The first-order valence-corrected chi connectivity index (χ1v) is 6.82. The van der Waals surface area contributed by atoms with Gasteiger partial charge in [0.2, 0.25) is 0 Å². The number of benzene rings is 1. The molecule has 1 atom stereocenters. The van der Waals surface area contributed by atoms with Crippen LogP contribution < -0.4 is 10.5 Å². The van der Waals surface area contributed by atoms with Crippen LogP contribution in [-0.4, -0.2) is 23.9 Å². The van der Waals surface area contributed by atoms with Crippen molar-refractivity contribution in [2.24, 2.45) is 5.73 Å². The SMILES string of the molecule is Cc1cc(C(C)(C)C)ccc1OCCC(C)(O)CN. The van der Waals surface area contributed by atoms with Gasteiger partial charge in [-0.2, -0.15) is 0 Å². The number of rotatable bonds is 5. The van der Waals surface area contributed by atoms with Gasteiger partial charge in [0.05, 0.1) is 12.2 Å². The minimum Gasteiger partial charge on any atom is -0.493 e. The maximum Gasteiger partial charge on any atom is 0.122 e. The van der Waals surface area contributed by atoms with Gasteiger partial charge in [-0.25, -0.2) is 0 Å². The molecule has 1 rings (SSSR count). The van der Waals surface area contributed by atoms with Crippen molar-refractivity contribution < 1.29 is 9.84 Å². The highest BCUT2D eigenvalue weighted by molar-refractivity contribution is 5.38. The Morgan fingerprint density at radius 2 is 1.84 bits per heavy atom. The lowest BCUT2D eigenvalue weighted by atomic mass is 9.86. The number of aliphatic hydroxyl groups is 1. The fourth-order valence-electron chi connectivity index (χ4n) is 1.76. The van der Waals surface area contributed by atoms with E-state index < -0.39 is 5.60 Å². The zero-order valence-corrected chi connectivity index (χ0v) is 12.8. The first-order chi connectivity index (χ1) is 8.65. The Morgan fingerprint density at radius 1 is 1.21 bits per heavy atom. The number of hydrogen-bond donors (Lipinski definition) is 2. The van der Waals surface area contributed by atoms with Crippen molar-refractivity contribution in [2.75, 3.05) is 13.2 Å². The van der Waals surface area contributed by atoms with Gasteiger partial charge in [0, 0.05) is 13.0 Å². The Hall–Kier alpha value is -1.06. The summed E-state index contributed by atoms with van der Waals surface area (Å²) >= 11 is 0. The second-order valence-corrected chi connectivity index (χ2v) is 6.53. The Bertz CT molecular complexity index is 419. The van der Waals surface area contributed by atoms with Gasteiger partial charge in [-0.1, -0.05) is 32.9 Å². The Morgan fingerprint density at radius 3 is 2.32 bits per heavy atom. The van der Waals surface area contributed by atoms with Crippen LogP contribution in [0.4, 0.5) is 0 Å². The largest absolute Gasteiger partial charge is 0.493 e. The molecule has 0 bridgehead atoms. The fourth-order valence-corrected chi connectivity index (χ4v) is 1.76. The van der Waals surface area contributed by atoms with Crippen LogP contribution in [0.5, 0.6) is 5.75 Å². The van der Waals surface area contributed by atoms with Crippen LogP contribution >= 0.6 is 0 Å². The van der Waals surface area contributed by atoms with Gasteiger partial charge in [0.25, 0.3) is 0 Å². The molecule has 19 heavy (non-hydrogen) atoms. The van der Waals surface area contributed by atoms with Crippen LogP contribution in [0, 0.1) is 6.92 Å². The molecule has 108 valence electrons. The molecule has 3 nitrogen and oxygen atoms in total. The predicted molar refractivity (Wildman–Crippen MR) is 79.7 cm³/mol. The number of nitrogens with two attached hydrogens (primary N) is 1. The molecule has 0 amide bonds. The fraction of sp³-hybridized carbons (Fsp3) is 0.625. The minimum atomic E-state index is -0.848. The molecule has 1 aromatic rings. The summed E-state index contributed by atoms with van der Waals surface area (Å²) in [4.78, 5) is 0. The van der Waals surface area contributed by atoms with Crippen molar-refractivity contribution in [3.8, 4) is 5.75 Å². The van der Waals surface area contributed by atoms with Crippen molar-refractivity contribution in [2.45, 2.75) is 52.1 Å². The van der Waals surface area contributed by atoms with Gasteiger partial charge in [-0.05, 0) is 36.5 Å². The number of aryl methyl sites for hydroxylation is 1. The summed E-state index contributed by atoms with van der Waals surface area (Å²) in [6.07, 6.45) is 0.532. The molecule has 0 aliphatic carbocycles. The molecule has 3 N–H and O–H groups in total. The molecule has 0 radical (unpaired) electrons. The average molecular weight is 265 g/mol. The van der Waals surface area contributed by atoms with Crippen LogP contribution in [0.2, 0.25) is 0 Å². The van der Waals surface area contributed by atoms with Crippen molar-refractivity contribution in [1.82, 2.24) is 0 Å². The molecule has 0 spiro atoms. The van der Waals surface area contributed by atoms with Gasteiger partial charge in [-0.3, -0.25) is 0 Å².